The Bertz CT molecular complexity index is 614. The van der Waals surface area contributed by atoms with Gasteiger partial charge in [0.15, 0.2) is 0 Å². The van der Waals surface area contributed by atoms with Crippen molar-refractivity contribution in [2.24, 2.45) is 0 Å². The minimum atomic E-state index is -0.0483. The summed E-state index contributed by atoms with van der Waals surface area (Å²) >= 11 is 3.45. The number of carbonyl (C=O) groups excluding carboxylic acids is 1. The highest BCUT2D eigenvalue weighted by Crippen LogP contribution is 2.23. The predicted octanol–water partition coefficient (Wildman–Crippen LogP) is 2.80. The topological polar surface area (TPSA) is 54.7 Å². The van der Waals surface area contributed by atoms with Gasteiger partial charge in [-0.25, -0.2) is 0 Å². The quantitative estimate of drug-likeness (QED) is 0.818. The van der Waals surface area contributed by atoms with Crippen LogP contribution in [0.5, 0.6) is 5.75 Å². The Morgan fingerprint density at radius 2 is 2.23 bits per heavy atom. The molecule has 5 nitrogen and oxygen atoms in total. The number of rotatable bonds is 7. The fraction of sp³-hybridized carbons (Fsp3) is 0.312. The lowest BCUT2D eigenvalue weighted by molar-refractivity contribution is -0.122. The van der Waals surface area contributed by atoms with E-state index in [1.54, 1.807) is 19.4 Å². The van der Waals surface area contributed by atoms with Crippen molar-refractivity contribution in [2.75, 3.05) is 20.7 Å². The van der Waals surface area contributed by atoms with E-state index >= 15 is 0 Å². The molecular weight excluding hydrogens is 348 g/mol. The zero-order valence-corrected chi connectivity index (χ0v) is 14.2. The maximum Gasteiger partial charge on any atom is 0.234 e. The van der Waals surface area contributed by atoms with Gasteiger partial charge in [0.25, 0.3) is 0 Å². The minimum Gasteiger partial charge on any atom is -0.496 e. The second-order valence-electron chi connectivity index (χ2n) is 4.98. The van der Waals surface area contributed by atoms with Crippen LogP contribution in [-0.4, -0.2) is 31.5 Å². The van der Waals surface area contributed by atoms with E-state index in [0.29, 0.717) is 19.6 Å². The van der Waals surface area contributed by atoms with Crippen molar-refractivity contribution in [1.82, 2.24) is 10.2 Å². The Morgan fingerprint density at radius 1 is 1.41 bits per heavy atom. The fourth-order valence-corrected chi connectivity index (χ4v) is 2.53. The summed E-state index contributed by atoms with van der Waals surface area (Å²) in [6.45, 7) is 1.33. The van der Waals surface area contributed by atoms with Gasteiger partial charge in [0, 0.05) is 16.6 Å². The van der Waals surface area contributed by atoms with Gasteiger partial charge in [0.05, 0.1) is 26.5 Å². The molecule has 1 aromatic heterocycles. The predicted molar refractivity (Wildman–Crippen MR) is 87.6 cm³/mol. The zero-order valence-electron chi connectivity index (χ0n) is 12.6. The summed E-state index contributed by atoms with van der Waals surface area (Å²) in [7, 11) is 3.54. The first kappa shape index (κ1) is 16.6. The molecular formula is C16H19BrN2O3. The van der Waals surface area contributed by atoms with Crippen LogP contribution < -0.4 is 10.1 Å². The number of likely N-dealkylation sites (N-methyl/N-ethyl adjacent to an activating group) is 1. The van der Waals surface area contributed by atoms with E-state index in [0.717, 1.165) is 21.5 Å². The van der Waals surface area contributed by atoms with E-state index in [2.05, 4.69) is 21.2 Å². The third-order valence-electron chi connectivity index (χ3n) is 3.14. The largest absolute Gasteiger partial charge is 0.496 e. The Hall–Kier alpha value is -1.79. The van der Waals surface area contributed by atoms with Crippen LogP contribution in [0.4, 0.5) is 0 Å². The van der Waals surface area contributed by atoms with Crippen molar-refractivity contribution in [3.05, 3.63) is 52.4 Å². The number of methoxy groups -OCH3 is 1. The lowest BCUT2D eigenvalue weighted by Gasteiger charge is -2.18. The summed E-state index contributed by atoms with van der Waals surface area (Å²) in [5.74, 6) is 1.50. The number of ether oxygens (including phenoxy) is 1. The Labute approximate surface area is 138 Å². The van der Waals surface area contributed by atoms with Crippen LogP contribution in [0.2, 0.25) is 0 Å². The molecule has 118 valence electrons. The molecule has 0 saturated carbocycles. The highest BCUT2D eigenvalue weighted by Gasteiger charge is 2.11. The molecule has 0 saturated heterocycles. The van der Waals surface area contributed by atoms with Crippen molar-refractivity contribution >= 4 is 21.8 Å². The number of benzene rings is 1. The van der Waals surface area contributed by atoms with Crippen molar-refractivity contribution in [3.8, 4) is 5.75 Å². The maximum atomic E-state index is 11.9. The number of halogens is 1. The Kier molecular flexibility index (Phi) is 6.03. The van der Waals surface area contributed by atoms with Crippen LogP contribution in [0.3, 0.4) is 0 Å². The van der Waals surface area contributed by atoms with Crippen molar-refractivity contribution in [3.63, 3.8) is 0 Å². The number of amides is 1. The molecule has 2 aromatic rings. The smallest absolute Gasteiger partial charge is 0.234 e. The minimum absolute atomic E-state index is 0.0483. The van der Waals surface area contributed by atoms with Gasteiger partial charge in [0.2, 0.25) is 5.91 Å². The molecule has 0 radical (unpaired) electrons. The average molecular weight is 367 g/mol. The lowest BCUT2D eigenvalue weighted by atomic mass is 10.2. The Morgan fingerprint density at radius 3 is 2.91 bits per heavy atom. The van der Waals surface area contributed by atoms with Gasteiger partial charge in [-0.2, -0.15) is 0 Å². The lowest BCUT2D eigenvalue weighted by Crippen LogP contribution is -2.34. The summed E-state index contributed by atoms with van der Waals surface area (Å²) in [5.41, 5.74) is 1.03. The summed E-state index contributed by atoms with van der Waals surface area (Å²) in [5, 5.41) is 2.83. The van der Waals surface area contributed by atoms with Gasteiger partial charge < -0.3 is 14.5 Å². The molecule has 1 N–H and O–H groups in total. The molecule has 0 bridgehead atoms. The average Bonchev–Trinajstić information content (AvgIpc) is 2.98. The second kappa shape index (κ2) is 8.00. The summed E-state index contributed by atoms with van der Waals surface area (Å²) in [6.07, 6.45) is 1.59. The molecule has 0 aliphatic heterocycles. The third-order valence-corrected chi connectivity index (χ3v) is 3.63. The van der Waals surface area contributed by atoms with Gasteiger partial charge in [-0.3, -0.25) is 9.69 Å². The van der Waals surface area contributed by atoms with Gasteiger partial charge in [-0.15, -0.1) is 0 Å². The fourth-order valence-electron chi connectivity index (χ4n) is 2.12. The first-order valence-electron chi connectivity index (χ1n) is 6.88. The van der Waals surface area contributed by atoms with Crippen LogP contribution in [0.25, 0.3) is 0 Å². The molecule has 6 heteroatoms. The summed E-state index contributed by atoms with van der Waals surface area (Å²) in [4.78, 5) is 13.9. The third kappa shape index (κ3) is 4.89. The number of hydrogen-bond acceptors (Lipinski definition) is 4. The summed E-state index contributed by atoms with van der Waals surface area (Å²) < 4.78 is 11.5. The van der Waals surface area contributed by atoms with Crippen LogP contribution in [0, 0.1) is 0 Å². The van der Waals surface area contributed by atoms with Crippen LogP contribution in [0.1, 0.15) is 11.3 Å². The number of nitrogens with zero attached hydrogens (tertiary/aromatic N) is 1. The second-order valence-corrected chi connectivity index (χ2v) is 5.90. The molecule has 0 unspecified atom stereocenters. The number of furan rings is 1. The van der Waals surface area contributed by atoms with Gasteiger partial charge >= 0.3 is 0 Å². The molecule has 1 aromatic carbocycles. The zero-order chi connectivity index (χ0) is 15.9. The van der Waals surface area contributed by atoms with E-state index in [-0.39, 0.29) is 5.91 Å². The van der Waals surface area contributed by atoms with Gasteiger partial charge in [0.1, 0.15) is 11.5 Å². The molecule has 2 rings (SSSR count). The maximum absolute atomic E-state index is 11.9. The molecule has 0 aliphatic carbocycles. The highest BCUT2D eigenvalue weighted by molar-refractivity contribution is 9.10. The van der Waals surface area contributed by atoms with E-state index in [1.165, 1.54) is 0 Å². The van der Waals surface area contributed by atoms with E-state index in [9.17, 15) is 4.79 Å². The molecule has 0 atom stereocenters. The molecule has 1 amide bonds. The molecule has 0 aliphatic rings. The van der Waals surface area contributed by atoms with E-state index < -0.39 is 0 Å². The first-order chi connectivity index (χ1) is 10.6. The van der Waals surface area contributed by atoms with E-state index in [4.69, 9.17) is 9.15 Å². The van der Waals surface area contributed by atoms with Crippen LogP contribution in [0.15, 0.2) is 45.5 Å². The first-order valence-corrected chi connectivity index (χ1v) is 7.68. The SMILES string of the molecule is COc1ccc(Br)cc1CN(C)CC(=O)NCc1ccco1. The van der Waals surface area contributed by atoms with Crippen LogP contribution >= 0.6 is 15.9 Å². The monoisotopic (exact) mass is 366 g/mol. The van der Waals surface area contributed by atoms with E-state index in [1.807, 2.05) is 36.2 Å². The number of nitrogens with one attached hydrogen (secondary N) is 1. The van der Waals surface area contributed by atoms with Gasteiger partial charge in [-0.05, 0) is 37.4 Å². The molecule has 0 fully saturated rings. The summed E-state index contributed by atoms with van der Waals surface area (Å²) in [6, 6.07) is 9.46. The molecule has 0 spiro atoms. The highest BCUT2D eigenvalue weighted by atomic mass is 79.9. The molecule has 1 heterocycles. The van der Waals surface area contributed by atoms with Crippen LogP contribution in [-0.2, 0) is 17.9 Å². The molecule has 22 heavy (non-hydrogen) atoms. The van der Waals surface area contributed by atoms with Gasteiger partial charge in [-0.1, -0.05) is 15.9 Å². The number of hydrogen-bond donors (Lipinski definition) is 1. The van der Waals surface area contributed by atoms with Crippen molar-refractivity contribution < 1.29 is 13.9 Å². The number of carbonyl (C=O) groups is 1. The normalized spacial score (nSPS) is 10.7. The van der Waals surface area contributed by atoms with Crippen molar-refractivity contribution in [2.45, 2.75) is 13.1 Å². The Balaban J connectivity index is 1.85. The van der Waals surface area contributed by atoms with Crippen molar-refractivity contribution in [1.29, 1.82) is 0 Å². The standard InChI is InChI=1S/C16H19BrN2O3/c1-19(10-12-8-13(17)5-6-15(12)21-2)11-16(20)18-9-14-4-3-7-22-14/h3-8H,9-11H2,1-2H3,(H,18,20).